The molecular weight excluding hydrogens is 386 g/mol. The second kappa shape index (κ2) is 7.39. The molecule has 146 valence electrons. The highest BCUT2D eigenvalue weighted by molar-refractivity contribution is 7.99. The monoisotopic (exact) mass is 405 g/mol. The van der Waals surface area contributed by atoms with Crippen LogP contribution in [-0.2, 0) is 10.3 Å². The maximum Gasteiger partial charge on any atom is 0.335 e. The molecule has 3 aromatic carbocycles. The Balaban J connectivity index is 1.80. The summed E-state index contributed by atoms with van der Waals surface area (Å²) in [6, 6.07) is 21.7. The average Bonchev–Trinajstić information content (AvgIpc) is 2.73. The number of benzene rings is 3. The summed E-state index contributed by atoms with van der Waals surface area (Å²) >= 11 is 1.67. The molecule has 0 aliphatic carbocycles. The first-order valence-electron chi connectivity index (χ1n) is 9.12. The van der Waals surface area contributed by atoms with E-state index in [1.54, 1.807) is 11.8 Å². The molecule has 0 unspecified atom stereocenters. The summed E-state index contributed by atoms with van der Waals surface area (Å²) < 4.78 is 0. The minimum Gasteiger partial charge on any atom is -0.480 e. The van der Waals surface area contributed by atoms with E-state index in [0.29, 0.717) is 5.56 Å². The van der Waals surface area contributed by atoms with Crippen LogP contribution in [-0.4, -0.2) is 22.2 Å². The van der Waals surface area contributed by atoms with Crippen molar-refractivity contribution in [3.05, 3.63) is 95.1 Å². The number of carboxylic acid groups (broad SMARTS) is 2. The first-order chi connectivity index (χ1) is 13.9. The van der Waals surface area contributed by atoms with Gasteiger partial charge in [0.25, 0.3) is 0 Å². The Kier molecular flexibility index (Phi) is 4.90. The largest absolute Gasteiger partial charge is 0.480 e. The second-order valence-electron chi connectivity index (χ2n) is 7.09. The van der Waals surface area contributed by atoms with E-state index in [1.807, 2.05) is 48.5 Å². The summed E-state index contributed by atoms with van der Waals surface area (Å²) in [6.07, 6.45) is 0.156. The van der Waals surface area contributed by atoms with Crippen LogP contribution in [0.4, 0.5) is 0 Å². The molecule has 1 aliphatic heterocycles. The topological polar surface area (TPSA) is 101 Å². The molecule has 5 nitrogen and oxygen atoms in total. The second-order valence-corrected chi connectivity index (χ2v) is 8.18. The zero-order chi connectivity index (χ0) is 20.6. The number of hydrogen-bond donors (Lipinski definition) is 3. The molecule has 1 heterocycles. The number of carbonyl (C=O) groups is 2. The first kappa shape index (κ1) is 19.2. The molecule has 4 N–H and O–H groups in total. The zero-order valence-electron chi connectivity index (χ0n) is 15.4. The molecule has 6 heteroatoms. The van der Waals surface area contributed by atoms with Gasteiger partial charge in [-0.15, -0.1) is 0 Å². The number of aliphatic carboxylic acids is 1. The first-order valence-corrected chi connectivity index (χ1v) is 9.93. The van der Waals surface area contributed by atoms with Crippen molar-refractivity contribution < 1.29 is 19.8 Å². The van der Waals surface area contributed by atoms with Crippen LogP contribution in [0.2, 0.25) is 0 Å². The van der Waals surface area contributed by atoms with Gasteiger partial charge in [0.05, 0.1) is 5.56 Å². The Bertz CT molecular complexity index is 1050. The van der Waals surface area contributed by atoms with Crippen molar-refractivity contribution in [2.75, 3.05) is 0 Å². The summed E-state index contributed by atoms with van der Waals surface area (Å²) in [7, 11) is 0. The number of fused-ring (bicyclic) bond motifs is 2. The van der Waals surface area contributed by atoms with E-state index >= 15 is 0 Å². The van der Waals surface area contributed by atoms with E-state index in [9.17, 15) is 14.7 Å². The fourth-order valence-corrected chi connectivity index (χ4v) is 4.98. The Labute approximate surface area is 172 Å². The lowest BCUT2D eigenvalue weighted by atomic mass is 9.76. The standard InChI is InChI=1S/C23H19NO4S/c24-23(22(27)28,15-11-9-14(10-12-15)21(25)26)13-18-16-5-1-3-7-19(16)29-20-8-4-2-6-17(18)20/h1-12,18H,13,24H2,(H,25,26)(H,27,28)/t23-/m0/s1. The van der Waals surface area contributed by atoms with Gasteiger partial charge in [-0.25, -0.2) is 9.59 Å². The highest BCUT2D eigenvalue weighted by Gasteiger charge is 2.41. The molecule has 0 saturated heterocycles. The lowest BCUT2D eigenvalue weighted by molar-refractivity contribution is -0.144. The van der Waals surface area contributed by atoms with Crippen LogP contribution in [0.3, 0.4) is 0 Å². The lowest BCUT2D eigenvalue weighted by Crippen LogP contribution is -2.46. The Morgan fingerprint density at radius 1 is 0.862 bits per heavy atom. The van der Waals surface area contributed by atoms with Gasteiger partial charge in [-0.1, -0.05) is 60.3 Å². The number of aromatic carboxylic acids is 1. The third-order valence-corrected chi connectivity index (χ3v) is 6.55. The SMILES string of the molecule is N[C@](CC1c2ccccc2Sc2ccccc21)(C(=O)O)c1ccc(C(=O)O)cc1. The quantitative estimate of drug-likeness (QED) is 0.585. The van der Waals surface area contributed by atoms with Gasteiger partial charge in [0.2, 0.25) is 0 Å². The minimum absolute atomic E-state index is 0.0891. The summed E-state index contributed by atoms with van der Waals surface area (Å²) in [5.74, 6) is -2.40. The summed E-state index contributed by atoms with van der Waals surface area (Å²) in [5.41, 5.74) is 7.38. The highest BCUT2D eigenvalue weighted by Crippen LogP contribution is 2.49. The van der Waals surface area contributed by atoms with E-state index in [1.165, 1.54) is 24.3 Å². The van der Waals surface area contributed by atoms with E-state index in [0.717, 1.165) is 20.9 Å². The number of carboxylic acids is 2. The van der Waals surface area contributed by atoms with Gasteiger partial charge in [0, 0.05) is 15.7 Å². The van der Waals surface area contributed by atoms with Gasteiger partial charge in [0.15, 0.2) is 0 Å². The van der Waals surface area contributed by atoms with E-state index in [4.69, 9.17) is 10.8 Å². The fraction of sp³-hybridized carbons (Fsp3) is 0.130. The van der Waals surface area contributed by atoms with Gasteiger partial charge in [0.1, 0.15) is 5.54 Å². The van der Waals surface area contributed by atoms with E-state index in [2.05, 4.69) is 0 Å². The molecule has 1 aliphatic rings. The molecular formula is C23H19NO4S. The van der Waals surface area contributed by atoms with Gasteiger partial charge in [-0.05, 0) is 47.4 Å². The van der Waals surface area contributed by atoms with Crippen LogP contribution in [0.5, 0.6) is 0 Å². The van der Waals surface area contributed by atoms with Gasteiger partial charge in [-0.2, -0.15) is 0 Å². The minimum atomic E-state index is -1.66. The third-order valence-electron chi connectivity index (χ3n) is 5.36. The molecule has 0 bridgehead atoms. The normalized spacial score (nSPS) is 15.1. The van der Waals surface area contributed by atoms with Gasteiger partial charge < -0.3 is 15.9 Å². The third kappa shape index (κ3) is 3.41. The Hall–Kier alpha value is -3.09. The van der Waals surface area contributed by atoms with Crippen molar-refractivity contribution in [3.63, 3.8) is 0 Å². The zero-order valence-corrected chi connectivity index (χ0v) is 16.2. The Morgan fingerprint density at radius 3 is 1.86 bits per heavy atom. The van der Waals surface area contributed by atoms with E-state index in [-0.39, 0.29) is 17.9 Å². The average molecular weight is 405 g/mol. The molecule has 0 fully saturated rings. The van der Waals surface area contributed by atoms with Crippen LogP contribution < -0.4 is 5.73 Å². The van der Waals surface area contributed by atoms with Crippen molar-refractivity contribution in [2.45, 2.75) is 27.7 Å². The van der Waals surface area contributed by atoms with E-state index < -0.39 is 17.5 Å². The molecule has 0 amide bonds. The number of nitrogens with two attached hydrogens (primary N) is 1. The predicted octanol–water partition coefficient (Wildman–Crippen LogP) is 4.31. The number of hydrogen-bond acceptors (Lipinski definition) is 4. The molecule has 0 aromatic heterocycles. The van der Waals surface area contributed by atoms with Crippen molar-refractivity contribution in [2.24, 2.45) is 5.73 Å². The van der Waals surface area contributed by atoms with Crippen LogP contribution >= 0.6 is 11.8 Å². The highest BCUT2D eigenvalue weighted by atomic mass is 32.2. The molecule has 3 aromatic rings. The van der Waals surface area contributed by atoms with Crippen LogP contribution in [0.25, 0.3) is 0 Å². The summed E-state index contributed by atoms with van der Waals surface area (Å²) in [4.78, 5) is 25.6. The van der Waals surface area contributed by atoms with Gasteiger partial charge in [-0.3, -0.25) is 0 Å². The predicted molar refractivity (Wildman–Crippen MR) is 110 cm³/mol. The molecule has 0 saturated carbocycles. The van der Waals surface area contributed by atoms with Gasteiger partial charge >= 0.3 is 11.9 Å². The lowest BCUT2D eigenvalue weighted by Gasteiger charge is -2.34. The smallest absolute Gasteiger partial charge is 0.335 e. The van der Waals surface area contributed by atoms with Crippen LogP contribution in [0, 0.1) is 0 Å². The fourth-order valence-electron chi connectivity index (χ4n) is 3.79. The molecule has 0 radical (unpaired) electrons. The Morgan fingerprint density at radius 2 is 1.38 bits per heavy atom. The van der Waals surface area contributed by atoms with Crippen molar-refractivity contribution >= 4 is 23.7 Å². The van der Waals surface area contributed by atoms with Crippen molar-refractivity contribution in [1.29, 1.82) is 0 Å². The molecule has 1 atom stereocenters. The molecule has 0 spiro atoms. The van der Waals surface area contributed by atoms with Crippen LogP contribution in [0.1, 0.15) is 39.4 Å². The summed E-state index contributed by atoms with van der Waals surface area (Å²) in [6.45, 7) is 0. The maximum absolute atomic E-state index is 12.3. The van der Waals surface area contributed by atoms with Crippen LogP contribution in [0.15, 0.2) is 82.6 Å². The molecule has 4 rings (SSSR count). The summed E-state index contributed by atoms with van der Waals surface area (Å²) in [5, 5.41) is 19.2. The van der Waals surface area contributed by atoms with Crippen molar-refractivity contribution in [3.8, 4) is 0 Å². The number of rotatable bonds is 5. The van der Waals surface area contributed by atoms with Crippen molar-refractivity contribution in [1.82, 2.24) is 0 Å². The molecule has 29 heavy (non-hydrogen) atoms. The maximum atomic E-state index is 12.3.